The van der Waals surface area contributed by atoms with Gasteiger partial charge in [0.25, 0.3) is 11.8 Å². The summed E-state index contributed by atoms with van der Waals surface area (Å²) in [7, 11) is 1.53. The van der Waals surface area contributed by atoms with E-state index in [4.69, 9.17) is 9.47 Å². The van der Waals surface area contributed by atoms with E-state index in [9.17, 15) is 14.4 Å². The van der Waals surface area contributed by atoms with Gasteiger partial charge in [-0.05, 0) is 49.8 Å². The Morgan fingerprint density at radius 1 is 1.04 bits per heavy atom. The molecule has 2 aromatic carbocycles. The second-order valence-electron chi connectivity index (χ2n) is 6.14. The van der Waals surface area contributed by atoms with Crippen LogP contribution in [-0.4, -0.2) is 31.6 Å². The molecule has 1 saturated heterocycles. The molecule has 2 aromatic rings. The second-order valence-corrected chi connectivity index (χ2v) is 6.14. The molecule has 3 rings (SSSR count). The summed E-state index contributed by atoms with van der Waals surface area (Å²) in [6.07, 6.45) is 1.42. The number of carbonyl (C=O) groups excluding carboxylic acids is 3. The van der Waals surface area contributed by atoms with Crippen LogP contribution in [0.4, 0.5) is 10.5 Å². The van der Waals surface area contributed by atoms with Crippen molar-refractivity contribution in [2.45, 2.75) is 13.8 Å². The number of nitrogens with zero attached hydrogens (tertiary/aromatic N) is 1. The third kappa shape index (κ3) is 3.73. The lowest BCUT2D eigenvalue weighted by Gasteiger charge is -2.26. The SMILES string of the molecule is CCOc1cc(/C=C2/C(=O)NC(=O)N(c3ccc(C)cc3)C2=O)ccc1OC. The summed E-state index contributed by atoms with van der Waals surface area (Å²) in [6, 6.07) is 11.2. The fourth-order valence-electron chi connectivity index (χ4n) is 2.80. The Bertz CT molecular complexity index is 963. The molecule has 0 aromatic heterocycles. The van der Waals surface area contributed by atoms with Gasteiger partial charge in [0.15, 0.2) is 11.5 Å². The molecule has 0 radical (unpaired) electrons. The maximum Gasteiger partial charge on any atom is 0.335 e. The highest BCUT2D eigenvalue weighted by Crippen LogP contribution is 2.30. The van der Waals surface area contributed by atoms with Crippen LogP contribution in [0.1, 0.15) is 18.1 Å². The molecule has 1 heterocycles. The number of barbiturate groups is 1. The van der Waals surface area contributed by atoms with Crippen molar-refractivity contribution in [3.05, 3.63) is 59.2 Å². The summed E-state index contributed by atoms with van der Waals surface area (Å²) < 4.78 is 10.8. The van der Waals surface area contributed by atoms with Gasteiger partial charge in [-0.1, -0.05) is 23.8 Å². The number of carbonyl (C=O) groups is 3. The number of anilines is 1. The molecule has 7 nitrogen and oxygen atoms in total. The average molecular weight is 380 g/mol. The minimum Gasteiger partial charge on any atom is -0.493 e. The number of urea groups is 1. The predicted octanol–water partition coefficient (Wildman–Crippen LogP) is 3.07. The molecule has 0 saturated carbocycles. The number of hydrogen-bond donors (Lipinski definition) is 1. The van der Waals surface area contributed by atoms with E-state index in [1.54, 1.807) is 42.5 Å². The van der Waals surface area contributed by atoms with Crippen LogP contribution in [-0.2, 0) is 9.59 Å². The molecule has 0 unspecified atom stereocenters. The van der Waals surface area contributed by atoms with E-state index >= 15 is 0 Å². The van der Waals surface area contributed by atoms with Crippen molar-refractivity contribution in [2.75, 3.05) is 18.6 Å². The van der Waals surface area contributed by atoms with E-state index in [1.807, 2.05) is 13.8 Å². The lowest BCUT2D eigenvalue weighted by atomic mass is 10.1. The Labute approximate surface area is 162 Å². The van der Waals surface area contributed by atoms with E-state index in [0.717, 1.165) is 10.5 Å². The normalized spacial score (nSPS) is 15.6. The van der Waals surface area contributed by atoms with E-state index in [1.165, 1.54) is 13.2 Å². The van der Waals surface area contributed by atoms with Crippen molar-refractivity contribution < 1.29 is 23.9 Å². The van der Waals surface area contributed by atoms with Crippen molar-refractivity contribution >= 4 is 29.6 Å². The summed E-state index contributed by atoms with van der Waals surface area (Å²) in [5.74, 6) is -0.395. The highest BCUT2D eigenvalue weighted by molar-refractivity contribution is 6.39. The van der Waals surface area contributed by atoms with E-state index in [0.29, 0.717) is 29.4 Å². The largest absolute Gasteiger partial charge is 0.493 e. The van der Waals surface area contributed by atoms with Gasteiger partial charge in [-0.15, -0.1) is 0 Å². The molecule has 0 aliphatic carbocycles. The number of imide groups is 2. The van der Waals surface area contributed by atoms with Gasteiger partial charge >= 0.3 is 6.03 Å². The number of aryl methyl sites for hydroxylation is 1. The zero-order chi connectivity index (χ0) is 20.3. The van der Waals surface area contributed by atoms with Crippen LogP contribution in [0.15, 0.2) is 48.0 Å². The van der Waals surface area contributed by atoms with Gasteiger partial charge in [-0.25, -0.2) is 9.69 Å². The molecule has 1 fully saturated rings. The molecule has 4 amide bonds. The van der Waals surface area contributed by atoms with Gasteiger partial charge < -0.3 is 9.47 Å². The van der Waals surface area contributed by atoms with Crippen molar-refractivity contribution in [1.29, 1.82) is 0 Å². The standard InChI is InChI=1S/C21H20N2O5/c1-4-28-18-12-14(7-10-17(18)27-3)11-16-19(24)22-21(26)23(20(16)25)15-8-5-13(2)6-9-15/h5-12H,4H2,1-3H3,(H,22,24,26)/b16-11-. The quantitative estimate of drug-likeness (QED) is 0.637. The van der Waals surface area contributed by atoms with Crippen molar-refractivity contribution in [1.82, 2.24) is 5.32 Å². The zero-order valence-electron chi connectivity index (χ0n) is 15.8. The highest BCUT2D eigenvalue weighted by Gasteiger charge is 2.36. The molecule has 1 aliphatic heterocycles. The van der Waals surface area contributed by atoms with Crippen LogP contribution in [0.5, 0.6) is 11.5 Å². The van der Waals surface area contributed by atoms with Crippen LogP contribution in [0.3, 0.4) is 0 Å². The van der Waals surface area contributed by atoms with Crippen LogP contribution in [0.2, 0.25) is 0 Å². The summed E-state index contributed by atoms with van der Waals surface area (Å²) in [5.41, 5.74) is 1.80. The number of hydrogen-bond acceptors (Lipinski definition) is 5. The summed E-state index contributed by atoms with van der Waals surface area (Å²) in [4.78, 5) is 38.3. The number of methoxy groups -OCH3 is 1. The topological polar surface area (TPSA) is 84.9 Å². The summed E-state index contributed by atoms with van der Waals surface area (Å²) in [6.45, 7) is 4.18. The monoisotopic (exact) mass is 380 g/mol. The zero-order valence-corrected chi connectivity index (χ0v) is 15.8. The third-order valence-electron chi connectivity index (χ3n) is 4.19. The third-order valence-corrected chi connectivity index (χ3v) is 4.19. The number of ether oxygens (including phenoxy) is 2. The summed E-state index contributed by atoms with van der Waals surface area (Å²) in [5, 5.41) is 2.21. The van der Waals surface area contributed by atoms with E-state index < -0.39 is 17.8 Å². The lowest BCUT2D eigenvalue weighted by molar-refractivity contribution is -0.122. The summed E-state index contributed by atoms with van der Waals surface area (Å²) >= 11 is 0. The van der Waals surface area contributed by atoms with Crippen molar-refractivity contribution in [3.8, 4) is 11.5 Å². The highest BCUT2D eigenvalue weighted by atomic mass is 16.5. The second kappa shape index (κ2) is 7.96. The van der Waals surface area contributed by atoms with Crippen LogP contribution >= 0.6 is 0 Å². The van der Waals surface area contributed by atoms with Gasteiger partial charge in [-0.2, -0.15) is 0 Å². The Hall–Kier alpha value is -3.61. The van der Waals surface area contributed by atoms with Crippen molar-refractivity contribution in [3.63, 3.8) is 0 Å². The van der Waals surface area contributed by atoms with Crippen LogP contribution in [0.25, 0.3) is 6.08 Å². The maximum atomic E-state index is 12.9. The molecule has 0 spiro atoms. The van der Waals surface area contributed by atoms with E-state index in [-0.39, 0.29) is 5.57 Å². The minimum atomic E-state index is -0.777. The van der Waals surface area contributed by atoms with Gasteiger partial charge in [0, 0.05) is 0 Å². The van der Waals surface area contributed by atoms with Gasteiger partial charge in [0.1, 0.15) is 5.57 Å². The molecular weight excluding hydrogens is 360 g/mol. The molecule has 1 aliphatic rings. The van der Waals surface area contributed by atoms with Gasteiger partial charge in [0.05, 0.1) is 19.4 Å². The first-order chi connectivity index (χ1) is 13.4. The Morgan fingerprint density at radius 3 is 2.39 bits per heavy atom. The number of rotatable bonds is 5. The molecule has 28 heavy (non-hydrogen) atoms. The molecular formula is C21H20N2O5. The molecule has 0 bridgehead atoms. The van der Waals surface area contributed by atoms with Crippen LogP contribution in [0, 0.1) is 6.92 Å². The molecule has 1 N–H and O–H groups in total. The maximum absolute atomic E-state index is 12.9. The van der Waals surface area contributed by atoms with Crippen LogP contribution < -0.4 is 19.7 Å². The molecule has 0 atom stereocenters. The average Bonchev–Trinajstić information content (AvgIpc) is 2.67. The first-order valence-corrected chi connectivity index (χ1v) is 8.73. The minimum absolute atomic E-state index is 0.146. The fourth-order valence-corrected chi connectivity index (χ4v) is 2.80. The molecule has 144 valence electrons. The lowest BCUT2D eigenvalue weighted by Crippen LogP contribution is -2.54. The van der Waals surface area contributed by atoms with Gasteiger partial charge in [-0.3, -0.25) is 14.9 Å². The van der Waals surface area contributed by atoms with Gasteiger partial charge in [0.2, 0.25) is 0 Å². The number of amides is 4. The first kappa shape index (κ1) is 19.2. The fraction of sp³-hybridized carbons (Fsp3) is 0.190. The number of nitrogens with one attached hydrogen (secondary N) is 1. The predicted molar refractivity (Wildman–Crippen MR) is 104 cm³/mol. The molecule has 7 heteroatoms. The first-order valence-electron chi connectivity index (χ1n) is 8.73. The van der Waals surface area contributed by atoms with E-state index in [2.05, 4.69) is 5.32 Å². The Kier molecular flexibility index (Phi) is 5.44. The van der Waals surface area contributed by atoms with Crippen molar-refractivity contribution in [2.24, 2.45) is 0 Å². The number of benzene rings is 2. The smallest absolute Gasteiger partial charge is 0.335 e. The Morgan fingerprint density at radius 2 is 1.75 bits per heavy atom. The Balaban J connectivity index is 1.99.